The van der Waals surface area contributed by atoms with Gasteiger partial charge >= 0.3 is 0 Å². The molecule has 1 aliphatic heterocycles. The van der Waals surface area contributed by atoms with E-state index in [0.717, 1.165) is 16.7 Å². The van der Waals surface area contributed by atoms with Crippen molar-refractivity contribution in [3.63, 3.8) is 0 Å². The zero-order chi connectivity index (χ0) is 17.4. The van der Waals surface area contributed by atoms with E-state index in [9.17, 15) is 0 Å². The third-order valence-corrected chi connectivity index (χ3v) is 3.94. The van der Waals surface area contributed by atoms with Gasteiger partial charge in [-0.2, -0.15) is 5.10 Å². The van der Waals surface area contributed by atoms with Crippen molar-refractivity contribution >= 4 is 29.3 Å². The summed E-state index contributed by atoms with van der Waals surface area (Å²) in [6.45, 7) is 4.13. The number of rotatable bonds is 3. The molecule has 0 bridgehead atoms. The highest BCUT2D eigenvalue weighted by Crippen LogP contribution is 2.27. The van der Waals surface area contributed by atoms with Crippen LogP contribution in [0.25, 0.3) is 16.7 Å². The van der Waals surface area contributed by atoms with Gasteiger partial charge in [0.05, 0.1) is 17.3 Å². The van der Waals surface area contributed by atoms with Crippen molar-refractivity contribution in [1.82, 2.24) is 19.7 Å². The molecule has 7 nitrogen and oxygen atoms in total. The molecule has 0 atom stereocenters. The van der Waals surface area contributed by atoms with Gasteiger partial charge in [0.2, 0.25) is 5.88 Å². The fourth-order valence-corrected chi connectivity index (χ4v) is 2.88. The Bertz CT molecular complexity index is 992. The summed E-state index contributed by atoms with van der Waals surface area (Å²) in [6.07, 6.45) is 7.74. The molecule has 1 aromatic carbocycles. The number of fused-ring (bicyclic) bond motifs is 1. The summed E-state index contributed by atoms with van der Waals surface area (Å²) in [5.74, 6) is 1.22. The van der Waals surface area contributed by atoms with Crippen LogP contribution in [0.2, 0.25) is 0 Å². The van der Waals surface area contributed by atoms with Crippen LogP contribution in [0.4, 0.5) is 5.82 Å². The second-order valence-corrected chi connectivity index (χ2v) is 5.88. The standard InChI is InChI=1S/C18H17N5O2.ClH/c1-12-6-13(2)8-14(7-12)23-18-15(9-21-23)17(19-11-20-18)22(3)16-10-24-4-5-25-16;/h4-11H,1-3H3;1H. The van der Waals surface area contributed by atoms with Gasteiger partial charge in [0.15, 0.2) is 11.9 Å². The molecular weight excluding hydrogens is 354 g/mol. The van der Waals surface area contributed by atoms with E-state index in [2.05, 4.69) is 47.1 Å². The SMILES string of the molecule is Cc1cc(C)cc(-n2ncc3c(N(C)C4=COC=CO4)ncnc32)c1.Cl. The largest absolute Gasteiger partial charge is 0.464 e. The number of anilines is 1. The second kappa shape index (κ2) is 7.05. The topological polar surface area (TPSA) is 65.3 Å². The Morgan fingerprint density at radius 2 is 1.81 bits per heavy atom. The highest BCUT2D eigenvalue weighted by molar-refractivity contribution is 5.88. The number of hydrogen-bond acceptors (Lipinski definition) is 6. The van der Waals surface area contributed by atoms with Gasteiger partial charge in [0, 0.05) is 7.05 Å². The van der Waals surface area contributed by atoms with E-state index < -0.39 is 0 Å². The first-order valence-electron chi connectivity index (χ1n) is 7.82. The second-order valence-electron chi connectivity index (χ2n) is 5.88. The molecule has 0 unspecified atom stereocenters. The van der Waals surface area contributed by atoms with Crippen molar-refractivity contribution in [2.24, 2.45) is 0 Å². The van der Waals surface area contributed by atoms with Crippen LogP contribution in [0.3, 0.4) is 0 Å². The average molecular weight is 372 g/mol. The maximum absolute atomic E-state index is 5.46. The van der Waals surface area contributed by atoms with Crippen molar-refractivity contribution in [3.8, 4) is 5.69 Å². The molecule has 0 saturated carbocycles. The Kier molecular flexibility index (Phi) is 4.81. The van der Waals surface area contributed by atoms with Crippen molar-refractivity contribution < 1.29 is 9.47 Å². The van der Waals surface area contributed by atoms with Crippen LogP contribution in [-0.4, -0.2) is 26.8 Å². The molecule has 0 radical (unpaired) electrons. The van der Waals surface area contributed by atoms with E-state index in [-0.39, 0.29) is 12.4 Å². The predicted octanol–water partition coefficient (Wildman–Crippen LogP) is 3.61. The molecule has 0 amide bonds. The molecular formula is C18H18ClN5O2. The quantitative estimate of drug-likeness (QED) is 0.700. The number of benzene rings is 1. The van der Waals surface area contributed by atoms with E-state index in [1.54, 1.807) is 11.1 Å². The Balaban J connectivity index is 0.00000196. The molecule has 0 saturated heterocycles. The minimum Gasteiger partial charge on any atom is -0.464 e. The summed E-state index contributed by atoms with van der Waals surface area (Å²) >= 11 is 0. The lowest BCUT2D eigenvalue weighted by atomic mass is 10.1. The predicted molar refractivity (Wildman–Crippen MR) is 101 cm³/mol. The summed E-state index contributed by atoms with van der Waals surface area (Å²) in [7, 11) is 1.85. The smallest absolute Gasteiger partial charge is 0.236 e. The third-order valence-electron chi connectivity index (χ3n) is 3.94. The molecule has 1 aliphatic rings. The maximum atomic E-state index is 5.46. The molecule has 4 rings (SSSR count). The first kappa shape index (κ1) is 17.8. The van der Waals surface area contributed by atoms with Crippen LogP contribution in [-0.2, 0) is 9.47 Å². The summed E-state index contributed by atoms with van der Waals surface area (Å²) in [5.41, 5.74) is 4.05. The lowest BCUT2D eigenvalue weighted by Gasteiger charge is -2.21. The van der Waals surface area contributed by atoms with Crippen molar-refractivity contribution in [3.05, 3.63) is 66.5 Å². The van der Waals surface area contributed by atoms with E-state index >= 15 is 0 Å². The summed E-state index contributed by atoms with van der Waals surface area (Å²) < 4.78 is 12.4. The highest BCUT2D eigenvalue weighted by atomic mass is 35.5. The fourth-order valence-electron chi connectivity index (χ4n) is 2.88. The van der Waals surface area contributed by atoms with Crippen molar-refractivity contribution in [2.75, 3.05) is 11.9 Å². The highest BCUT2D eigenvalue weighted by Gasteiger charge is 2.18. The normalized spacial score (nSPS) is 12.8. The molecule has 3 heterocycles. The van der Waals surface area contributed by atoms with E-state index in [1.165, 1.54) is 36.2 Å². The van der Waals surface area contributed by atoms with E-state index in [0.29, 0.717) is 11.7 Å². The number of hydrogen-bond donors (Lipinski definition) is 0. The van der Waals surface area contributed by atoms with Crippen molar-refractivity contribution in [1.29, 1.82) is 0 Å². The fraction of sp³-hybridized carbons (Fsp3) is 0.167. The zero-order valence-corrected chi connectivity index (χ0v) is 15.4. The van der Waals surface area contributed by atoms with Gasteiger partial charge in [0.1, 0.15) is 24.7 Å². The van der Waals surface area contributed by atoms with Crippen molar-refractivity contribution in [2.45, 2.75) is 13.8 Å². The monoisotopic (exact) mass is 371 g/mol. The Morgan fingerprint density at radius 3 is 2.50 bits per heavy atom. The number of aryl methyl sites for hydroxylation is 2. The maximum Gasteiger partial charge on any atom is 0.236 e. The summed E-state index contributed by atoms with van der Waals surface area (Å²) in [5, 5.41) is 5.34. The minimum atomic E-state index is 0. The Morgan fingerprint density at radius 1 is 1.04 bits per heavy atom. The van der Waals surface area contributed by atoms with Crippen LogP contribution in [0.1, 0.15) is 11.1 Å². The molecule has 3 aromatic rings. The van der Waals surface area contributed by atoms with Gasteiger partial charge in [-0.3, -0.25) is 4.90 Å². The number of halogens is 1. The number of ether oxygens (including phenoxy) is 2. The molecule has 26 heavy (non-hydrogen) atoms. The third kappa shape index (κ3) is 3.09. The van der Waals surface area contributed by atoms with Gasteiger partial charge in [-0.05, 0) is 37.1 Å². The van der Waals surface area contributed by atoms with Crippen LogP contribution in [0, 0.1) is 13.8 Å². The number of nitrogens with zero attached hydrogens (tertiary/aromatic N) is 5. The van der Waals surface area contributed by atoms with Gasteiger partial charge in [-0.25, -0.2) is 14.6 Å². The Hall–Kier alpha value is -3.06. The molecule has 0 spiro atoms. The van der Waals surface area contributed by atoms with E-state index in [4.69, 9.17) is 9.47 Å². The number of aromatic nitrogens is 4. The van der Waals surface area contributed by atoms with Crippen LogP contribution in [0.5, 0.6) is 0 Å². The first-order chi connectivity index (χ1) is 12.1. The summed E-state index contributed by atoms with van der Waals surface area (Å²) in [6, 6.07) is 6.29. The molecule has 0 aliphatic carbocycles. The van der Waals surface area contributed by atoms with Gasteiger partial charge in [-0.1, -0.05) is 6.07 Å². The molecule has 8 heteroatoms. The lowest BCUT2D eigenvalue weighted by Crippen LogP contribution is -2.20. The van der Waals surface area contributed by atoms with Crippen LogP contribution in [0.15, 0.2) is 55.4 Å². The van der Waals surface area contributed by atoms with Crippen LogP contribution >= 0.6 is 12.4 Å². The molecule has 2 aromatic heterocycles. The van der Waals surface area contributed by atoms with Gasteiger partial charge in [0.25, 0.3) is 0 Å². The van der Waals surface area contributed by atoms with Gasteiger partial charge < -0.3 is 9.47 Å². The lowest BCUT2D eigenvalue weighted by molar-refractivity contribution is 0.250. The minimum absolute atomic E-state index is 0. The van der Waals surface area contributed by atoms with Gasteiger partial charge in [-0.15, -0.1) is 12.4 Å². The zero-order valence-electron chi connectivity index (χ0n) is 14.6. The Labute approximate surface area is 157 Å². The molecule has 0 fully saturated rings. The van der Waals surface area contributed by atoms with E-state index in [1.807, 2.05) is 11.7 Å². The summed E-state index contributed by atoms with van der Waals surface area (Å²) in [4.78, 5) is 10.6. The first-order valence-corrected chi connectivity index (χ1v) is 7.82. The van der Waals surface area contributed by atoms with Crippen LogP contribution < -0.4 is 4.90 Å². The molecule has 0 N–H and O–H groups in total. The molecule has 134 valence electrons. The average Bonchev–Trinajstić information content (AvgIpc) is 3.05.